The highest BCUT2D eigenvalue weighted by molar-refractivity contribution is 7.99. The van der Waals surface area contributed by atoms with Gasteiger partial charge < -0.3 is 5.32 Å². The monoisotopic (exact) mass is 309 g/mol. The molecule has 2 aromatic rings. The largest absolute Gasteiger partial charge is 0.310 e. The molecule has 0 amide bonds. The Hall–Kier alpha value is -1.40. The van der Waals surface area contributed by atoms with Gasteiger partial charge in [-0.15, -0.1) is 0 Å². The molecule has 1 aliphatic carbocycles. The predicted molar refractivity (Wildman–Crippen MR) is 80.4 cm³/mol. The summed E-state index contributed by atoms with van der Waals surface area (Å²) in [5, 5.41) is 7.97. The number of aryl methyl sites for hydroxylation is 1. The summed E-state index contributed by atoms with van der Waals surface area (Å²) >= 11 is 0.563. The quantitative estimate of drug-likeness (QED) is 0.826. The standard InChI is InChI=1S/C15H17F2N3S/c1-20-9-11(8-18-12-4-5-12)14(19-20)10-2-6-13(7-3-10)21-15(16)17/h2-3,6-7,9,12,15,18H,4-5,8H2,1H3. The van der Waals surface area contributed by atoms with Crippen LogP contribution in [0.4, 0.5) is 8.78 Å². The average molecular weight is 309 g/mol. The van der Waals surface area contributed by atoms with E-state index in [0.717, 1.165) is 23.4 Å². The Labute approximate surface area is 126 Å². The van der Waals surface area contributed by atoms with E-state index < -0.39 is 5.76 Å². The topological polar surface area (TPSA) is 29.9 Å². The van der Waals surface area contributed by atoms with Crippen molar-refractivity contribution in [2.45, 2.75) is 36.1 Å². The third-order valence-corrected chi connectivity index (χ3v) is 4.14. The van der Waals surface area contributed by atoms with Crippen LogP contribution in [0.5, 0.6) is 0 Å². The van der Waals surface area contributed by atoms with E-state index in [0.29, 0.717) is 22.7 Å². The minimum Gasteiger partial charge on any atom is -0.310 e. The van der Waals surface area contributed by atoms with Crippen molar-refractivity contribution >= 4 is 11.8 Å². The first-order valence-corrected chi connectivity index (χ1v) is 7.81. The first-order chi connectivity index (χ1) is 10.1. The Balaban J connectivity index is 1.78. The molecular formula is C15H17F2N3S. The lowest BCUT2D eigenvalue weighted by atomic mass is 10.1. The fourth-order valence-electron chi connectivity index (χ4n) is 2.25. The van der Waals surface area contributed by atoms with Crippen LogP contribution in [-0.4, -0.2) is 21.6 Å². The van der Waals surface area contributed by atoms with Gasteiger partial charge in [-0.25, -0.2) is 0 Å². The number of hydrogen-bond donors (Lipinski definition) is 1. The van der Waals surface area contributed by atoms with Gasteiger partial charge in [0, 0.05) is 41.9 Å². The molecule has 6 heteroatoms. The third kappa shape index (κ3) is 3.83. The normalized spacial score (nSPS) is 14.9. The molecule has 1 aromatic carbocycles. The van der Waals surface area contributed by atoms with E-state index in [1.807, 2.05) is 25.4 Å². The molecule has 0 atom stereocenters. The maximum atomic E-state index is 12.3. The Morgan fingerprint density at radius 1 is 1.33 bits per heavy atom. The summed E-state index contributed by atoms with van der Waals surface area (Å²) in [4.78, 5) is 0.572. The van der Waals surface area contributed by atoms with Gasteiger partial charge in [-0.1, -0.05) is 23.9 Å². The molecule has 1 aliphatic rings. The maximum absolute atomic E-state index is 12.3. The Morgan fingerprint density at radius 2 is 2.05 bits per heavy atom. The molecule has 21 heavy (non-hydrogen) atoms. The molecule has 3 rings (SSSR count). The van der Waals surface area contributed by atoms with Crippen LogP contribution >= 0.6 is 11.8 Å². The number of benzene rings is 1. The second-order valence-electron chi connectivity index (χ2n) is 5.23. The van der Waals surface area contributed by atoms with Gasteiger partial charge in [-0.05, 0) is 25.0 Å². The van der Waals surface area contributed by atoms with Gasteiger partial charge in [0.2, 0.25) is 0 Å². The number of halogens is 2. The van der Waals surface area contributed by atoms with E-state index >= 15 is 0 Å². The number of nitrogens with one attached hydrogen (secondary N) is 1. The van der Waals surface area contributed by atoms with Crippen LogP contribution in [0.3, 0.4) is 0 Å². The van der Waals surface area contributed by atoms with Gasteiger partial charge in [0.25, 0.3) is 5.76 Å². The molecule has 0 aliphatic heterocycles. The van der Waals surface area contributed by atoms with Crippen molar-refractivity contribution in [1.29, 1.82) is 0 Å². The zero-order chi connectivity index (χ0) is 14.8. The molecular weight excluding hydrogens is 292 g/mol. The maximum Gasteiger partial charge on any atom is 0.288 e. The number of thioether (sulfide) groups is 1. The van der Waals surface area contributed by atoms with Crippen molar-refractivity contribution in [1.82, 2.24) is 15.1 Å². The van der Waals surface area contributed by atoms with E-state index in [4.69, 9.17) is 0 Å². The second kappa shape index (κ2) is 6.15. The van der Waals surface area contributed by atoms with E-state index in [2.05, 4.69) is 10.4 Å². The van der Waals surface area contributed by atoms with Crippen molar-refractivity contribution in [2.75, 3.05) is 0 Å². The summed E-state index contributed by atoms with van der Waals surface area (Å²) in [5.41, 5.74) is 3.01. The van der Waals surface area contributed by atoms with Crippen LogP contribution in [0.25, 0.3) is 11.3 Å². The lowest BCUT2D eigenvalue weighted by Gasteiger charge is -2.05. The van der Waals surface area contributed by atoms with Gasteiger partial charge in [0.05, 0.1) is 5.69 Å². The molecule has 0 unspecified atom stereocenters. The molecule has 0 saturated heterocycles. The SMILES string of the molecule is Cn1cc(CNC2CC2)c(-c2ccc(SC(F)F)cc2)n1. The van der Waals surface area contributed by atoms with Gasteiger partial charge >= 0.3 is 0 Å². The highest BCUT2D eigenvalue weighted by atomic mass is 32.2. The number of aromatic nitrogens is 2. The zero-order valence-electron chi connectivity index (χ0n) is 11.7. The molecule has 1 heterocycles. The van der Waals surface area contributed by atoms with E-state index in [1.165, 1.54) is 12.8 Å². The molecule has 112 valence electrons. The molecule has 1 fully saturated rings. The Bertz CT molecular complexity index is 606. The average Bonchev–Trinajstić information content (AvgIpc) is 3.19. The van der Waals surface area contributed by atoms with Crippen molar-refractivity contribution < 1.29 is 8.78 Å². The number of hydrogen-bond acceptors (Lipinski definition) is 3. The number of rotatable bonds is 6. The summed E-state index contributed by atoms with van der Waals surface area (Å²) in [6.07, 6.45) is 4.50. The summed E-state index contributed by atoms with van der Waals surface area (Å²) in [6, 6.07) is 7.79. The molecule has 0 bridgehead atoms. The van der Waals surface area contributed by atoms with Gasteiger partial charge in [0.1, 0.15) is 0 Å². The van der Waals surface area contributed by atoms with E-state index in [1.54, 1.807) is 16.8 Å². The van der Waals surface area contributed by atoms with Crippen molar-refractivity contribution in [2.24, 2.45) is 7.05 Å². The molecule has 0 spiro atoms. The van der Waals surface area contributed by atoms with E-state index in [9.17, 15) is 8.78 Å². The van der Waals surface area contributed by atoms with Crippen LogP contribution in [0.1, 0.15) is 18.4 Å². The fourth-order valence-corrected chi connectivity index (χ4v) is 2.74. The van der Waals surface area contributed by atoms with Gasteiger partial charge in [0.15, 0.2) is 0 Å². The van der Waals surface area contributed by atoms with Gasteiger partial charge in [-0.3, -0.25) is 4.68 Å². The minimum absolute atomic E-state index is 0.563. The third-order valence-electron chi connectivity index (χ3n) is 3.42. The Kier molecular flexibility index (Phi) is 4.26. The highest BCUT2D eigenvalue weighted by Crippen LogP contribution is 2.29. The van der Waals surface area contributed by atoms with Crippen LogP contribution in [-0.2, 0) is 13.6 Å². The van der Waals surface area contributed by atoms with Gasteiger partial charge in [-0.2, -0.15) is 13.9 Å². The lowest BCUT2D eigenvalue weighted by molar-refractivity contribution is 0.252. The molecule has 1 aromatic heterocycles. The molecule has 1 N–H and O–H groups in total. The van der Waals surface area contributed by atoms with Crippen molar-refractivity contribution in [3.63, 3.8) is 0 Å². The van der Waals surface area contributed by atoms with Crippen molar-refractivity contribution in [3.05, 3.63) is 36.0 Å². The zero-order valence-corrected chi connectivity index (χ0v) is 12.5. The fraction of sp³-hybridized carbons (Fsp3) is 0.400. The number of nitrogens with zero attached hydrogens (tertiary/aromatic N) is 2. The van der Waals surface area contributed by atoms with Crippen LogP contribution in [0.2, 0.25) is 0 Å². The molecule has 3 nitrogen and oxygen atoms in total. The minimum atomic E-state index is -2.39. The predicted octanol–water partition coefficient (Wildman–Crippen LogP) is 3.65. The highest BCUT2D eigenvalue weighted by Gasteiger charge is 2.21. The number of alkyl halides is 2. The summed E-state index contributed by atoms with van der Waals surface area (Å²) in [6.45, 7) is 0.793. The Morgan fingerprint density at radius 3 is 2.67 bits per heavy atom. The summed E-state index contributed by atoms with van der Waals surface area (Å²) < 4.78 is 26.5. The van der Waals surface area contributed by atoms with Crippen LogP contribution < -0.4 is 5.32 Å². The van der Waals surface area contributed by atoms with Crippen LogP contribution in [0, 0.1) is 0 Å². The second-order valence-corrected chi connectivity index (χ2v) is 6.30. The first kappa shape index (κ1) is 14.5. The smallest absolute Gasteiger partial charge is 0.288 e. The van der Waals surface area contributed by atoms with Crippen molar-refractivity contribution in [3.8, 4) is 11.3 Å². The summed E-state index contributed by atoms with van der Waals surface area (Å²) in [5.74, 6) is -2.39. The molecule has 0 radical (unpaired) electrons. The van der Waals surface area contributed by atoms with E-state index in [-0.39, 0.29) is 0 Å². The summed E-state index contributed by atoms with van der Waals surface area (Å²) in [7, 11) is 1.89. The van der Waals surface area contributed by atoms with Crippen LogP contribution in [0.15, 0.2) is 35.4 Å². The first-order valence-electron chi connectivity index (χ1n) is 6.93. The molecule has 1 saturated carbocycles. The lowest BCUT2D eigenvalue weighted by Crippen LogP contribution is -2.15.